The van der Waals surface area contributed by atoms with Crippen LogP contribution in [0, 0.1) is 0 Å². The van der Waals surface area contributed by atoms with E-state index in [2.05, 4.69) is 0 Å². The number of rotatable bonds is 0. The van der Waals surface area contributed by atoms with Crippen LogP contribution in [0.3, 0.4) is 0 Å². The van der Waals surface area contributed by atoms with Gasteiger partial charge in [-0.05, 0) is 0 Å². The molecule has 0 amide bonds. The van der Waals surface area contributed by atoms with Gasteiger partial charge in [0.15, 0.2) is 0 Å². The van der Waals surface area contributed by atoms with Crippen molar-refractivity contribution < 1.29 is 72.7 Å². The minimum Gasteiger partial charge on any atom is 0 e. The molecule has 0 saturated carbocycles. The molecule has 0 aliphatic heterocycles. The Labute approximate surface area is 72.0 Å². The second kappa shape index (κ2) is 18.7. The van der Waals surface area contributed by atoms with Crippen molar-refractivity contribution in [3.63, 3.8) is 0 Å². The van der Waals surface area contributed by atoms with E-state index >= 15 is 0 Å². The van der Waals surface area contributed by atoms with Crippen molar-refractivity contribution in [1.29, 1.82) is 0 Å². The van der Waals surface area contributed by atoms with Crippen LogP contribution in [0.5, 0.6) is 0 Å². The van der Waals surface area contributed by atoms with Gasteiger partial charge in [-0.25, -0.2) is 0 Å². The second-order valence-electron chi connectivity index (χ2n) is 0. The largest absolute Gasteiger partial charge is 0 e. The maximum Gasteiger partial charge on any atom is 0 e. The van der Waals surface area contributed by atoms with Gasteiger partial charge in [0, 0.05) is 72.7 Å². The summed E-state index contributed by atoms with van der Waals surface area (Å²) >= 11 is 0. The van der Waals surface area contributed by atoms with Crippen molar-refractivity contribution in [2.45, 2.75) is 0 Å². The van der Waals surface area contributed by atoms with Crippen LogP contribution in [0.4, 0.5) is 0 Å². The molecule has 2 radical (unpaired) electrons. The summed E-state index contributed by atoms with van der Waals surface area (Å²) < 4.78 is 0. The van der Waals surface area contributed by atoms with Gasteiger partial charge in [0.2, 0.25) is 0 Å². The van der Waals surface area contributed by atoms with E-state index in [4.69, 9.17) is 0 Å². The van der Waals surface area contributed by atoms with Crippen LogP contribution in [-0.2, 0) is 72.7 Å². The van der Waals surface area contributed by atoms with Gasteiger partial charge in [0.1, 0.15) is 0 Å². The predicted octanol–water partition coefficient (Wildman–Crippen LogP) is -0.0100. The molecule has 0 aromatic rings. The van der Waals surface area contributed by atoms with Crippen molar-refractivity contribution in [2.75, 3.05) is 0 Å². The topological polar surface area (TPSA) is 0 Å². The normalized spacial score (nSPS) is 0. The zero-order valence-corrected chi connectivity index (χ0v) is 6.78. The average Bonchev–Trinajstić information content (AvgIpc) is 0. The molecular weight excluding hydrogens is 266 g/mol. The first kappa shape index (κ1) is 33.9. The standard InChI is InChI=1S/Co.Fe.Nb.Ni. The molecule has 0 aromatic heterocycles. The maximum atomic E-state index is 0. The van der Waals surface area contributed by atoms with Crippen molar-refractivity contribution in [2.24, 2.45) is 0 Å². The monoisotopic (exact) mass is 266 g/mol. The van der Waals surface area contributed by atoms with E-state index in [1.54, 1.807) is 0 Å². The SMILES string of the molecule is [Co].[Fe].[Nb].[Ni]. The zero-order chi connectivity index (χ0) is 0. The molecule has 0 atom stereocenters. The van der Waals surface area contributed by atoms with Crippen LogP contribution in [0.2, 0.25) is 0 Å². The third-order valence-corrected chi connectivity index (χ3v) is 0. The minimum atomic E-state index is 0. The fraction of sp³-hybridized carbons (Fsp3) is 0. The molecule has 0 unspecified atom stereocenters. The number of hydrogen-bond donors (Lipinski definition) is 0. The van der Waals surface area contributed by atoms with E-state index < -0.39 is 0 Å². The summed E-state index contributed by atoms with van der Waals surface area (Å²) in [7, 11) is 0. The molecule has 0 rings (SSSR count). The number of hydrogen-bond acceptors (Lipinski definition) is 0. The molecule has 0 saturated heterocycles. The Morgan fingerprint density at radius 3 is 1.00 bits per heavy atom. The fourth-order valence-electron chi connectivity index (χ4n) is 0. The molecule has 0 aliphatic carbocycles. The third kappa shape index (κ3) is 8.86. The Hall–Kier alpha value is 2.26. The molecule has 0 aromatic carbocycles. The molecule has 0 N–H and O–H groups in total. The summed E-state index contributed by atoms with van der Waals surface area (Å²) in [5.74, 6) is 0. The van der Waals surface area contributed by atoms with Gasteiger partial charge in [-0.15, -0.1) is 0 Å². The molecule has 0 bridgehead atoms. The molecule has 0 aliphatic rings. The summed E-state index contributed by atoms with van der Waals surface area (Å²) in [6, 6.07) is 0. The molecule has 0 heterocycles. The predicted molar refractivity (Wildman–Crippen MR) is 0 cm³/mol. The Balaban J connectivity index is 0. The van der Waals surface area contributed by atoms with Gasteiger partial charge >= 0.3 is 0 Å². The minimum absolute atomic E-state index is 0. The van der Waals surface area contributed by atoms with E-state index in [1.807, 2.05) is 0 Å². The maximum absolute atomic E-state index is 0. The van der Waals surface area contributed by atoms with Gasteiger partial charge in [-0.2, -0.15) is 0 Å². The van der Waals surface area contributed by atoms with Gasteiger partial charge in [-0.3, -0.25) is 0 Å². The summed E-state index contributed by atoms with van der Waals surface area (Å²) in [4.78, 5) is 0. The molecule has 4 heavy (non-hydrogen) atoms. The van der Waals surface area contributed by atoms with Gasteiger partial charge in [0.25, 0.3) is 0 Å². The molecule has 4 heteroatoms. The quantitative estimate of drug-likeness (QED) is 0.541. The van der Waals surface area contributed by atoms with Crippen LogP contribution in [0.1, 0.15) is 0 Å². The van der Waals surface area contributed by atoms with Crippen LogP contribution < -0.4 is 0 Å². The van der Waals surface area contributed by atoms with E-state index in [1.165, 1.54) is 0 Å². The molecule has 0 fully saturated rings. The summed E-state index contributed by atoms with van der Waals surface area (Å²) in [5.41, 5.74) is 0. The molecule has 32 valence electrons. The third-order valence-electron chi connectivity index (χ3n) is 0. The first-order valence-electron chi connectivity index (χ1n) is 0. The van der Waals surface area contributed by atoms with Crippen LogP contribution >= 0.6 is 0 Å². The van der Waals surface area contributed by atoms with E-state index in [0.717, 1.165) is 0 Å². The first-order valence-corrected chi connectivity index (χ1v) is 0. The first-order chi connectivity index (χ1) is 0. The Morgan fingerprint density at radius 2 is 1.00 bits per heavy atom. The summed E-state index contributed by atoms with van der Waals surface area (Å²) in [6.07, 6.45) is 0. The van der Waals surface area contributed by atoms with Gasteiger partial charge < -0.3 is 0 Å². The van der Waals surface area contributed by atoms with Crippen molar-refractivity contribution >= 4 is 0 Å². The summed E-state index contributed by atoms with van der Waals surface area (Å²) in [5, 5.41) is 0. The van der Waals surface area contributed by atoms with Crippen LogP contribution in [0.15, 0.2) is 0 Å². The summed E-state index contributed by atoms with van der Waals surface area (Å²) in [6.45, 7) is 0. The fourth-order valence-corrected chi connectivity index (χ4v) is 0. The molecular formula is CoFeNbNi. The Kier molecular flexibility index (Phi) is 158. The molecule has 0 spiro atoms. The second-order valence-corrected chi connectivity index (χ2v) is 0. The average molecular weight is 266 g/mol. The smallest absolute Gasteiger partial charge is 0 e. The van der Waals surface area contributed by atoms with E-state index in [-0.39, 0.29) is 72.7 Å². The van der Waals surface area contributed by atoms with Crippen LogP contribution in [0.25, 0.3) is 0 Å². The Morgan fingerprint density at radius 1 is 1.00 bits per heavy atom. The van der Waals surface area contributed by atoms with Gasteiger partial charge in [-0.1, -0.05) is 0 Å². The van der Waals surface area contributed by atoms with Crippen molar-refractivity contribution in [1.82, 2.24) is 0 Å². The van der Waals surface area contributed by atoms with E-state index in [0.29, 0.717) is 0 Å². The molecule has 0 nitrogen and oxygen atoms in total. The zero-order valence-electron chi connectivity index (χ0n) is 1.45. The van der Waals surface area contributed by atoms with E-state index in [9.17, 15) is 0 Å². The Bertz CT molecular complexity index is 8.00. The van der Waals surface area contributed by atoms with Crippen molar-refractivity contribution in [3.05, 3.63) is 0 Å². The van der Waals surface area contributed by atoms with Gasteiger partial charge in [0.05, 0.1) is 0 Å². The van der Waals surface area contributed by atoms with Crippen molar-refractivity contribution in [3.8, 4) is 0 Å². The van der Waals surface area contributed by atoms with Crippen LogP contribution in [-0.4, -0.2) is 0 Å².